The van der Waals surface area contributed by atoms with Crippen molar-refractivity contribution in [3.63, 3.8) is 0 Å². The van der Waals surface area contributed by atoms with Crippen LogP contribution in [0.2, 0.25) is 0 Å². The number of rotatable bonds is 6. The molecule has 130 valence electrons. The van der Waals surface area contributed by atoms with Crippen molar-refractivity contribution in [1.29, 1.82) is 0 Å². The Bertz CT molecular complexity index is 812. The molecule has 8 heteroatoms. The smallest absolute Gasteiger partial charge is 0.241 e. The number of hydrogen-bond acceptors (Lipinski definition) is 5. The van der Waals surface area contributed by atoms with Crippen molar-refractivity contribution in [2.45, 2.75) is 31.3 Å². The minimum absolute atomic E-state index is 0.00106. The summed E-state index contributed by atoms with van der Waals surface area (Å²) in [6.07, 6.45) is 0. The molecule has 0 saturated heterocycles. The molecule has 1 aromatic carbocycles. The first-order valence-corrected chi connectivity index (χ1v) is 8.91. The molecule has 0 spiro atoms. The number of anilines is 1. The predicted molar refractivity (Wildman–Crippen MR) is 90.8 cm³/mol. The Morgan fingerprint density at radius 1 is 1.25 bits per heavy atom. The van der Waals surface area contributed by atoms with Crippen LogP contribution < -0.4 is 10.5 Å². The Labute approximate surface area is 141 Å². The van der Waals surface area contributed by atoms with Crippen molar-refractivity contribution < 1.29 is 17.6 Å². The number of furan rings is 1. The summed E-state index contributed by atoms with van der Waals surface area (Å²) in [5.41, 5.74) is 0.501. The zero-order valence-electron chi connectivity index (χ0n) is 13.8. The van der Waals surface area contributed by atoms with Crippen LogP contribution in [0.15, 0.2) is 45.7 Å². The molecule has 0 radical (unpaired) electrons. The Morgan fingerprint density at radius 3 is 2.38 bits per heavy atom. The summed E-state index contributed by atoms with van der Waals surface area (Å²) in [5.74, 6) is 1.40. The third kappa shape index (κ3) is 4.67. The number of nitrogens with two attached hydrogens (primary N) is 1. The lowest BCUT2D eigenvalue weighted by atomic mass is 10.2. The lowest BCUT2D eigenvalue weighted by molar-refractivity contribution is -0.120. The van der Waals surface area contributed by atoms with Gasteiger partial charge in [0, 0.05) is 5.69 Å². The summed E-state index contributed by atoms with van der Waals surface area (Å²) in [5, 5.41) is 7.79. The maximum Gasteiger partial charge on any atom is 0.241 e. The van der Waals surface area contributed by atoms with Gasteiger partial charge in [0.15, 0.2) is 0 Å². The zero-order valence-corrected chi connectivity index (χ0v) is 14.6. The van der Waals surface area contributed by atoms with Gasteiger partial charge in [-0.15, -0.1) is 0 Å². The molecule has 0 fully saturated rings. The summed E-state index contributed by atoms with van der Waals surface area (Å²) in [6.45, 7) is 4.15. The summed E-state index contributed by atoms with van der Waals surface area (Å²) in [6, 6.07) is 9.06. The monoisotopic (exact) mass is 351 g/mol. The number of hydrogen-bond donors (Lipinski definition) is 2. The van der Waals surface area contributed by atoms with Gasteiger partial charge >= 0.3 is 0 Å². The van der Waals surface area contributed by atoms with Gasteiger partial charge in [-0.2, -0.15) is 0 Å². The van der Waals surface area contributed by atoms with Crippen molar-refractivity contribution in [3.05, 3.63) is 47.9 Å². The predicted octanol–water partition coefficient (Wildman–Crippen LogP) is 1.69. The Hall–Kier alpha value is -2.16. The van der Waals surface area contributed by atoms with Gasteiger partial charge < -0.3 is 9.73 Å². The highest BCUT2D eigenvalue weighted by Crippen LogP contribution is 2.15. The Kier molecular flexibility index (Phi) is 5.43. The average Bonchev–Trinajstić information content (AvgIpc) is 2.91. The molecule has 0 aliphatic carbocycles. The number of carbonyl (C=O) groups is 1. The zero-order chi connectivity index (χ0) is 17.9. The molecule has 3 N–H and O–H groups in total. The highest BCUT2D eigenvalue weighted by molar-refractivity contribution is 7.89. The fraction of sp³-hybridized carbons (Fsp3) is 0.312. The fourth-order valence-electron chi connectivity index (χ4n) is 2.13. The second-order valence-electron chi connectivity index (χ2n) is 5.66. The van der Waals surface area contributed by atoms with Crippen LogP contribution in [-0.4, -0.2) is 32.3 Å². The molecule has 0 saturated carbocycles. The molecule has 1 atom stereocenters. The van der Waals surface area contributed by atoms with Crippen LogP contribution in [0.3, 0.4) is 0 Å². The van der Waals surface area contributed by atoms with Crippen molar-refractivity contribution in [2.75, 3.05) is 12.4 Å². The van der Waals surface area contributed by atoms with Gasteiger partial charge in [0.25, 0.3) is 0 Å². The van der Waals surface area contributed by atoms with Crippen LogP contribution in [0, 0.1) is 6.92 Å². The van der Waals surface area contributed by atoms with E-state index in [1.165, 1.54) is 24.3 Å². The summed E-state index contributed by atoms with van der Waals surface area (Å²) in [7, 11) is -1.92. The van der Waals surface area contributed by atoms with Gasteiger partial charge in [-0.3, -0.25) is 9.69 Å². The summed E-state index contributed by atoms with van der Waals surface area (Å²) < 4.78 is 27.9. The number of aryl methyl sites for hydroxylation is 1. The summed E-state index contributed by atoms with van der Waals surface area (Å²) >= 11 is 0. The van der Waals surface area contributed by atoms with E-state index in [2.05, 4.69) is 5.32 Å². The molecule has 2 aromatic rings. The first-order chi connectivity index (χ1) is 11.2. The lowest BCUT2D eigenvalue weighted by Gasteiger charge is -2.22. The SMILES string of the molecule is Cc1ccc(CN(C)[C@H](C)C(=O)Nc2ccc(S(N)(=O)=O)cc2)o1. The maximum atomic E-state index is 12.3. The van der Waals surface area contributed by atoms with E-state index in [4.69, 9.17) is 9.56 Å². The van der Waals surface area contributed by atoms with Gasteiger partial charge in [-0.05, 0) is 57.3 Å². The number of nitrogens with one attached hydrogen (secondary N) is 1. The molecule has 0 bridgehead atoms. The second-order valence-corrected chi connectivity index (χ2v) is 7.22. The third-order valence-corrected chi connectivity index (χ3v) is 4.62. The molecule has 1 amide bonds. The van der Waals surface area contributed by atoms with Crippen LogP contribution in [-0.2, 0) is 21.4 Å². The molecule has 1 heterocycles. The number of sulfonamides is 1. The highest BCUT2D eigenvalue weighted by Gasteiger charge is 2.19. The normalized spacial score (nSPS) is 13.0. The van der Waals surface area contributed by atoms with E-state index in [9.17, 15) is 13.2 Å². The maximum absolute atomic E-state index is 12.3. The standard InChI is InChI=1S/C16H21N3O4S/c1-11-4-7-14(23-11)10-19(3)12(2)16(20)18-13-5-8-15(9-6-13)24(17,21)22/h4-9,12H,10H2,1-3H3,(H,18,20)(H2,17,21,22)/t12-/m1/s1. The Morgan fingerprint density at radius 2 is 1.88 bits per heavy atom. The molecular weight excluding hydrogens is 330 g/mol. The van der Waals surface area contributed by atoms with Gasteiger partial charge in [-0.25, -0.2) is 13.6 Å². The highest BCUT2D eigenvalue weighted by atomic mass is 32.2. The molecule has 0 aliphatic heterocycles. The molecular formula is C16H21N3O4S. The van der Waals surface area contributed by atoms with Crippen molar-refractivity contribution in [2.24, 2.45) is 5.14 Å². The number of amides is 1. The van der Waals surface area contributed by atoms with Gasteiger partial charge in [0.1, 0.15) is 11.5 Å². The topological polar surface area (TPSA) is 106 Å². The van der Waals surface area contributed by atoms with Gasteiger partial charge in [0.05, 0.1) is 17.5 Å². The van der Waals surface area contributed by atoms with E-state index in [1.54, 1.807) is 6.92 Å². The van der Waals surface area contributed by atoms with Gasteiger partial charge in [-0.1, -0.05) is 0 Å². The second kappa shape index (κ2) is 7.16. The molecule has 7 nitrogen and oxygen atoms in total. The number of likely N-dealkylation sites (N-methyl/N-ethyl adjacent to an activating group) is 1. The number of primary sulfonamides is 1. The van der Waals surface area contributed by atoms with Crippen LogP contribution in [0.1, 0.15) is 18.4 Å². The average molecular weight is 351 g/mol. The van der Waals surface area contributed by atoms with Crippen LogP contribution >= 0.6 is 0 Å². The molecule has 0 unspecified atom stereocenters. The first-order valence-electron chi connectivity index (χ1n) is 7.36. The molecule has 0 aliphatic rings. The minimum atomic E-state index is -3.74. The number of benzene rings is 1. The minimum Gasteiger partial charge on any atom is -0.465 e. The Balaban J connectivity index is 1.98. The van der Waals surface area contributed by atoms with Gasteiger partial charge in [0.2, 0.25) is 15.9 Å². The largest absolute Gasteiger partial charge is 0.465 e. The van der Waals surface area contributed by atoms with E-state index in [-0.39, 0.29) is 10.8 Å². The van der Waals surface area contributed by atoms with Crippen molar-refractivity contribution in [1.82, 2.24) is 4.90 Å². The van der Waals surface area contributed by atoms with E-state index in [1.807, 2.05) is 31.0 Å². The van der Waals surface area contributed by atoms with Crippen molar-refractivity contribution in [3.8, 4) is 0 Å². The quantitative estimate of drug-likeness (QED) is 0.824. The van der Waals surface area contributed by atoms with Crippen LogP contribution in [0.5, 0.6) is 0 Å². The van der Waals surface area contributed by atoms with E-state index in [0.29, 0.717) is 12.2 Å². The van der Waals surface area contributed by atoms with Crippen LogP contribution in [0.25, 0.3) is 0 Å². The molecule has 1 aromatic heterocycles. The van der Waals surface area contributed by atoms with E-state index >= 15 is 0 Å². The fourth-order valence-corrected chi connectivity index (χ4v) is 2.64. The lowest BCUT2D eigenvalue weighted by Crippen LogP contribution is -2.39. The third-order valence-electron chi connectivity index (χ3n) is 3.69. The molecule has 2 rings (SSSR count). The number of nitrogens with zero attached hydrogens (tertiary/aromatic N) is 1. The van der Waals surface area contributed by atoms with E-state index in [0.717, 1.165) is 11.5 Å². The van der Waals surface area contributed by atoms with E-state index < -0.39 is 16.1 Å². The number of carbonyl (C=O) groups excluding carboxylic acids is 1. The first kappa shape index (κ1) is 18.2. The molecule has 24 heavy (non-hydrogen) atoms. The summed E-state index contributed by atoms with van der Waals surface area (Å²) in [4.78, 5) is 14.2. The van der Waals surface area contributed by atoms with Crippen LogP contribution in [0.4, 0.5) is 5.69 Å². The van der Waals surface area contributed by atoms with Crippen molar-refractivity contribution >= 4 is 21.6 Å².